The van der Waals surface area contributed by atoms with E-state index in [0.29, 0.717) is 12.1 Å². The number of carbonyl (C=O) groups excluding carboxylic acids is 1. The highest BCUT2D eigenvalue weighted by Gasteiger charge is 2.40. The van der Waals surface area contributed by atoms with Gasteiger partial charge in [0, 0.05) is 43.9 Å². The number of ketones is 1. The normalized spacial score (nSPS) is 29.4. The van der Waals surface area contributed by atoms with Gasteiger partial charge in [-0.15, -0.1) is 0 Å². The minimum absolute atomic E-state index is 0.190. The van der Waals surface area contributed by atoms with Crippen LogP contribution in [0.4, 0.5) is 5.82 Å². The minimum atomic E-state index is 0.190. The van der Waals surface area contributed by atoms with E-state index in [0.717, 1.165) is 24.2 Å². The molecule has 4 heteroatoms. The minimum Gasteiger partial charge on any atom is -0.363 e. The summed E-state index contributed by atoms with van der Waals surface area (Å²) in [7, 11) is 6.12. The molecule has 2 fully saturated rings. The Morgan fingerprint density at radius 2 is 1.90 bits per heavy atom. The number of pyridine rings is 1. The number of piperidine rings is 1. The van der Waals surface area contributed by atoms with Crippen molar-refractivity contribution < 1.29 is 4.79 Å². The third-order valence-electron chi connectivity index (χ3n) is 4.96. The van der Waals surface area contributed by atoms with Gasteiger partial charge in [0.15, 0.2) is 5.78 Å². The summed E-state index contributed by atoms with van der Waals surface area (Å²) in [6, 6.07) is 5.07. The summed E-state index contributed by atoms with van der Waals surface area (Å²) in [5.74, 6) is 1.37. The van der Waals surface area contributed by atoms with E-state index < -0.39 is 0 Å². The Morgan fingerprint density at radius 3 is 2.40 bits per heavy atom. The molecule has 0 N–H and O–H groups in total. The molecule has 0 aromatic carbocycles. The molecule has 3 rings (SSSR count). The third-order valence-corrected chi connectivity index (χ3v) is 4.96. The highest BCUT2D eigenvalue weighted by Crippen LogP contribution is 2.38. The Labute approximate surface area is 120 Å². The maximum Gasteiger partial charge on any atom is 0.167 e. The molecular weight excluding hydrogens is 250 g/mol. The van der Waals surface area contributed by atoms with Crippen molar-refractivity contribution in [3.05, 3.63) is 23.9 Å². The van der Waals surface area contributed by atoms with Crippen molar-refractivity contribution in [2.24, 2.45) is 5.92 Å². The van der Waals surface area contributed by atoms with E-state index in [4.69, 9.17) is 0 Å². The molecule has 0 amide bonds. The van der Waals surface area contributed by atoms with E-state index in [1.54, 1.807) is 6.20 Å². The summed E-state index contributed by atoms with van der Waals surface area (Å²) in [4.78, 5) is 21.4. The van der Waals surface area contributed by atoms with Crippen LogP contribution >= 0.6 is 0 Å². The van der Waals surface area contributed by atoms with Crippen molar-refractivity contribution in [3.8, 4) is 0 Å². The molecular formula is C16H23N3O. The van der Waals surface area contributed by atoms with Crippen LogP contribution in [0.2, 0.25) is 0 Å². The van der Waals surface area contributed by atoms with Gasteiger partial charge >= 0.3 is 0 Å². The highest BCUT2D eigenvalue weighted by atomic mass is 16.1. The van der Waals surface area contributed by atoms with Gasteiger partial charge in [0.2, 0.25) is 0 Å². The Morgan fingerprint density at radius 1 is 1.25 bits per heavy atom. The Hall–Kier alpha value is -1.42. The molecule has 2 saturated heterocycles. The van der Waals surface area contributed by atoms with Crippen LogP contribution in [0.25, 0.3) is 0 Å². The Bertz CT molecular complexity index is 483. The van der Waals surface area contributed by atoms with Gasteiger partial charge in [-0.2, -0.15) is 0 Å². The summed E-state index contributed by atoms with van der Waals surface area (Å²) in [5.41, 5.74) is 0.768. The van der Waals surface area contributed by atoms with Crippen molar-refractivity contribution in [2.45, 2.75) is 37.8 Å². The van der Waals surface area contributed by atoms with Crippen molar-refractivity contribution in [2.75, 3.05) is 26.0 Å². The smallest absolute Gasteiger partial charge is 0.167 e. The topological polar surface area (TPSA) is 36.4 Å². The summed E-state index contributed by atoms with van der Waals surface area (Å²) >= 11 is 0. The molecule has 108 valence electrons. The molecule has 2 unspecified atom stereocenters. The van der Waals surface area contributed by atoms with E-state index in [1.165, 1.54) is 12.8 Å². The molecule has 2 aliphatic heterocycles. The van der Waals surface area contributed by atoms with Gasteiger partial charge in [-0.25, -0.2) is 4.98 Å². The molecule has 1 aromatic rings. The second-order valence-electron chi connectivity index (χ2n) is 6.38. The molecule has 4 nitrogen and oxygen atoms in total. The van der Waals surface area contributed by atoms with Gasteiger partial charge in [0.25, 0.3) is 0 Å². The number of rotatable bonds is 3. The summed E-state index contributed by atoms with van der Waals surface area (Å²) in [5, 5.41) is 0. The maximum atomic E-state index is 12.6. The summed E-state index contributed by atoms with van der Waals surface area (Å²) < 4.78 is 0. The first-order chi connectivity index (χ1) is 9.56. The van der Waals surface area contributed by atoms with Crippen LogP contribution in [-0.2, 0) is 0 Å². The zero-order valence-corrected chi connectivity index (χ0v) is 12.5. The Kier molecular flexibility index (Phi) is 3.50. The highest BCUT2D eigenvalue weighted by molar-refractivity contribution is 5.97. The molecule has 3 heterocycles. The van der Waals surface area contributed by atoms with Gasteiger partial charge < -0.3 is 9.80 Å². The second-order valence-corrected chi connectivity index (χ2v) is 6.38. The molecule has 2 bridgehead atoms. The molecule has 0 spiro atoms. The zero-order chi connectivity index (χ0) is 14.3. The number of nitrogens with zero attached hydrogens (tertiary/aromatic N) is 3. The van der Waals surface area contributed by atoms with E-state index in [2.05, 4.69) is 16.9 Å². The number of fused-ring (bicyclic) bond motifs is 2. The van der Waals surface area contributed by atoms with Crippen LogP contribution in [-0.4, -0.2) is 48.9 Å². The number of aromatic nitrogens is 1. The fraction of sp³-hybridized carbons (Fsp3) is 0.625. The van der Waals surface area contributed by atoms with Crippen LogP contribution < -0.4 is 4.90 Å². The van der Waals surface area contributed by atoms with Crippen LogP contribution in [0.3, 0.4) is 0 Å². The van der Waals surface area contributed by atoms with Gasteiger partial charge in [-0.3, -0.25) is 4.79 Å². The number of hydrogen-bond donors (Lipinski definition) is 0. The monoisotopic (exact) mass is 273 g/mol. The predicted octanol–water partition coefficient (Wildman–Crippen LogP) is 2.20. The van der Waals surface area contributed by atoms with Crippen molar-refractivity contribution in [1.29, 1.82) is 0 Å². The lowest BCUT2D eigenvalue weighted by Crippen LogP contribution is -2.42. The lowest BCUT2D eigenvalue weighted by Gasteiger charge is -2.35. The van der Waals surface area contributed by atoms with Crippen molar-refractivity contribution in [3.63, 3.8) is 0 Å². The quantitative estimate of drug-likeness (QED) is 0.791. The third kappa shape index (κ3) is 2.33. The van der Waals surface area contributed by atoms with E-state index >= 15 is 0 Å². The van der Waals surface area contributed by atoms with Crippen LogP contribution in [0.1, 0.15) is 36.0 Å². The molecule has 0 saturated carbocycles. The summed E-state index contributed by atoms with van der Waals surface area (Å²) in [6.07, 6.45) is 6.27. The predicted molar refractivity (Wildman–Crippen MR) is 80.2 cm³/mol. The molecule has 2 atom stereocenters. The first kappa shape index (κ1) is 13.6. The van der Waals surface area contributed by atoms with Crippen LogP contribution in [0.5, 0.6) is 0 Å². The van der Waals surface area contributed by atoms with Gasteiger partial charge in [-0.05, 0) is 44.9 Å². The van der Waals surface area contributed by atoms with Crippen molar-refractivity contribution in [1.82, 2.24) is 9.88 Å². The van der Waals surface area contributed by atoms with Gasteiger partial charge in [0.1, 0.15) is 5.82 Å². The standard InChI is InChI=1S/C16H23N3O/c1-18(2)15-7-4-11(10-17-15)16(20)12-8-13-5-6-14(9-12)19(13)3/h4,7,10,12-14H,5-6,8-9H2,1-3H3. The summed E-state index contributed by atoms with van der Waals surface area (Å²) in [6.45, 7) is 0. The number of hydrogen-bond acceptors (Lipinski definition) is 4. The van der Waals surface area contributed by atoms with Crippen LogP contribution in [0, 0.1) is 5.92 Å². The molecule has 2 aliphatic rings. The fourth-order valence-corrected chi connectivity index (χ4v) is 3.66. The molecule has 1 aromatic heterocycles. The van der Waals surface area contributed by atoms with Gasteiger partial charge in [-0.1, -0.05) is 0 Å². The van der Waals surface area contributed by atoms with E-state index in [1.807, 2.05) is 31.1 Å². The average molecular weight is 273 g/mol. The molecule has 20 heavy (non-hydrogen) atoms. The first-order valence-electron chi connectivity index (χ1n) is 7.46. The lowest BCUT2D eigenvalue weighted by molar-refractivity contribution is 0.0767. The fourth-order valence-electron chi connectivity index (χ4n) is 3.66. The number of carbonyl (C=O) groups is 1. The molecule has 0 aliphatic carbocycles. The first-order valence-corrected chi connectivity index (χ1v) is 7.46. The maximum absolute atomic E-state index is 12.6. The zero-order valence-electron chi connectivity index (χ0n) is 12.5. The number of anilines is 1. The van der Waals surface area contributed by atoms with Gasteiger partial charge in [0.05, 0.1) is 0 Å². The van der Waals surface area contributed by atoms with E-state index in [9.17, 15) is 4.79 Å². The second kappa shape index (κ2) is 5.17. The molecule has 0 radical (unpaired) electrons. The largest absolute Gasteiger partial charge is 0.363 e. The van der Waals surface area contributed by atoms with Crippen molar-refractivity contribution >= 4 is 11.6 Å². The lowest BCUT2D eigenvalue weighted by atomic mass is 9.85. The SMILES string of the molecule is CN(C)c1ccc(C(=O)C2CC3CCC(C2)N3C)cn1. The van der Waals surface area contributed by atoms with Crippen LogP contribution in [0.15, 0.2) is 18.3 Å². The van der Waals surface area contributed by atoms with E-state index in [-0.39, 0.29) is 11.7 Å². The Balaban J connectivity index is 1.73. The number of Topliss-reactive ketones (excluding diaryl/α,β-unsaturated/α-hetero) is 1. The average Bonchev–Trinajstić information content (AvgIpc) is 2.68.